The third-order valence-electron chi connectivity index (χ3n) is 5.98. The predicted molar refractivity (Wildman–Crippen MR) is 137 cm³/mol. The van der Waals surface area contributed by atoms with Gasteiger partial charge in [-0.1, -0.05) is 45.0 Å². The summed E-state index contributed by atoms with van der Waals surface area (Å²) in [5.74, 6) is 0. The highest BCUT2D eigenvalue weighted by Crippen LogP contribution is 2.43. The second-order valence-corrected chi connectivity index (χ2v) is 11.5. The predicted octanol–water partition coefficient (Wildman–Crippen LogP) is 8.49. The van der Waals surface area contributed by atoms with Gasteiger partial charge in [-0.3, -0.25) is 0 Å². The van der Waals surface area contributed by atoms with Crippen LogP contribution < -0.4 is 0 Å². The van der Waals surface area contributed by atoms with Crippen LogP contribution in [0.5, 0.6) is 0 Å². The van der Waals surface area contributed by atoms with E-state index in [-0.39, 0.29) is 5.41 Å². The first-order chi connectivity index (χ1) is 14.9. The van der Waals surface area contributed by atoms with Crippen molar-refractivity contribution in [3.05, 3.63) is 71.4 Å². The summed E-state index contributed by atoms with van der Waals surface area (Å²) in [5, 5.41) is 5.14. The quantitative estimate of drug-likeness (QED) is 0.257. The minimum atomic E-state index is 0.0439. The number of aromatic nitrogens is 2. The molecule has 0 aliphatic rings. The number of thiophene rings is 2. The van der Waals surface area contributed by atoms with Gasteiger partial charge in [0.2, 0.25) is 0 Å². The topological polar surface area (TPSA) is 25.8 Å². The summed E-state index contributed by atoms with van der Waals surface area (Å²) in [7, 11) is 0. The maximum absolute atomic E-state index is 4.79. The molecule has 2 nitrogen and oxygen atoms in total. The Bertz CT molecular complexity index is 1630. The van der Waals surface area contributed by atoms with Gasteiger partial charge in [-0.25, -0.2) is 9.97 Å². The Labute approximate surface area is 189 Å². The number of benzene rings is 3. The highest BCUT2D eigenvalue weighted by molar-refractivity contribution is 7.28. The van der Waals surface area contributed by atoms with Crippen LogP contribution in [0.4, 0.5) is 0 Å². The zero-order valence-electron chi connectivity index (χ0n) is 18.0. The summed E-state index contributed by atoms with van der Waals surface area (Å²) in [6, 6.07) is 20.0. The van der Waals surface area contributed by atoms with Crippen LogP contribution >= 0.6 is 22.7 Å². The monoisotopic (exact) mass is 438 g/mol. The number of hydrogen-bond donors (Lipinski definition) is 0. The van der Waals surface area contributed by atoms with Gasteiger partial charge in [0.25, 0.3) is 0 Å². The lowest BCUT2D eigenvalue weighted by atomic mass is 9.82. The van der Waals surface area contributed by atoms with E-state index in [0.29, 0.717) is 0 Å². The van der Waals surface area contributed by atoms with Crippen LogP contribution in [0.25, 0.3) is 52.4 Å². The van der Waals surface area contributed by atoms with E-state index in [9.17, 15) is 0 Å². The lowest BCUT2D eigenvalue weighted by molar-refractivity contribution is 0.596. The van der Waals surface area contributed by atoms with Crippen LogP contribution in [0.15, 0.2) is 60.9 Å². The molecule has 0 saturated heterocycles. The molecule has 3 aromatic carbocycles. The van der Waals surface area contributed by atoms with E-state index >= 15 is 0 Å². The number of hydrogen-bond acceptors (Lipinski definition) is 4. The maximum atomic E-state index is 4.79. The lowest BCUT2D eigenvalue weighted by Crippen LogP contribution is -2.12. The number of nitrogens with zero attached hydrogens (tertiary/aromatic N) is 2. The molecule has 0 radical (unpaired) electrons. The highest BCUT2D eigenvalue weighted by atomic mass is 32.1. The molecule has 0 spiro atoms. The molecular formula is C27H22N2S2. The largest absolute Gasteiger partial charge is 0.235 e. The Kier molecular flexibility index (Phi) is 4.02. The van der Waals surface area contributed by atoms with Crippen molar-refractivity contribution in [3.8, 4) is 11.3 Å². The van der Waals surface area contributed by atoms with E-state index in [1.54, 1.807) is 6.33 Å². The van der Waals surface area contributed by atoms with Crippen LogP contribution in [0, 0.1) is 6.92 Å². The number of fused-ring (bicyclic) bond motifs is 6. The summed E-state index contributed by atoms with van der Waals surface area (Å²) in [6.45, 7) is 9.02. The van der Waals surface area contributed by atoms with Crippen molar-refractivity contribution in [2.45, 2.75) is 33.1 Å². The van der Waals surface area contributed by atoms with Gasteiger partial charge in [-0.15, -0.1) is 22.7 Å². The minimum absolute atomic E-state index is 0.0439. The van der Waals surface area contributed by atoms with E-state index in [1.807, 2.05) is 22.7 Å². The van der Waals surface area contributed by atoms with Crippen LogP contribution in [-0.4, -0.2) is 9.97 Å². The van der Waals surface area contributed by atoms with Gasteiger partial charge < -0.3 is 0 Å². The minimum Gasteiger partial charge on any atom is -0.235 e. The second kappa shape index (κ2) is 6.59. The maximum Gasteiger partial charge on any atom is 0.116 e. The fourth-order valence-corrected chi connectivity index (χ4v) is 6.83. The smallest absolute Gasteiger partial charge is 0.116 e. The van der Waals surface area contributed by atoms with E-state index in [1.165, 1.54) is 51.6 Å². The summed E-state index contributed by atoms with van der Waals surface area (Å²) >= 11 is 3.68. The Morgan fingerprint density at radius 3 is 2.45 bits per heavy atom. The molecule has 6 aromatic rings. The second-order valence-electron chi connectivity index (χ2n) is 9.21. The van der Waals surface area contributed by atoms with Crippen molar-refractivity contribution in [3.63, 3.8) is 0 Å². The summed E-state index contributed by atoms with van der Waals surface area (Å²) in [6.07, 6.45) is 1.72. The average molecular weight is 439 g/mol. The van der Waals surface area contributed by atoms with Crippen molar-refractivity contribution in [2.75, 3.05) is 0 Å². The zero-order chi connectivity index (χ0) is 21.3. The first-order valence-corrected chi connectivity index (χ1v) is 12.1. The molecule has 0 fully saturated rings. The molecule has 0 N–H and O–H groups in total. The molecule has 4 heteroatoms. The molecule has 0 bridgehead atoms. The molecular weight excluding hydrogens is 416 g/mol. The Hall–Kier alpha value is -2.82. The molecule has 0 saturated carbocycles. The van der Waals surface area contributed by atoms with Gasteiger partial charge in [0.1, 0.15) is 6.33 Å². The summed E-state index contributed by atoms with van der Waals surface area (Å²) in [4.78, 5) is 10.8. The normalized spacial score (nSPS) is 12.5. The van der Waals surface area contributed by atoms with Gasteiger partial charge >= 0.3 is 0 Å². The molecule has 0 aliphatic carbocycles. The molecule has 0 unspecified atom stereocenters. The summed E-state index contributed by atoms with van der Waals surface area (Å²) < 4.78 is 3.83. The number of rotatable bonds is 1. The van der Waals surface area contributed by atoms with Crippen molar-refractivity contribution < 1.29 is 0 Å². The number of aryl methyl sites for hydroxylation is 1. The van der Waals surface area contributed by atoms with E-state index in [4.69, 9.17) is 9.97 Å². The molecule has 0 amide bonds. The van der Waals surface area contributed by atoms with Crippen LogP contribution in [-0.2, 0) is 5.41 Å². The average Bonchev–Trinajstić information content (AvgIpc) is 3.31. The summed E-state index contributed by atoms with van der Waals surface area (Å²) in [5.41, 5.74) is 4.65. The zero-order valence-corrected chi connectivity index (χ0v) is 19.6. The third-order valence-corrected chi connectivity index (χ3v) is 8.23. The van der Waals surface area contributed by atoms with Crippen LogP contribution in [0.2, 0.25) is 0 Å². The Balaban J connectivity index is 1.70. The molecule has 152 valence electrons. The van der Waals surface area contributed by atoms with Crippen LogP contribution in [0.3, 0.4) is 0 Å². The van der Waals surface area contributed by atoms with Crippen molar-refractivity contribution in [1.29, 1.82) is 0 Å². The van der Waals surface area contributed by atoms with Gasteiger partial charge in [0, 0.05) is 30.6 Å². The van der Waals surface area contributed by atoms with E-state index in [2.05, 4.69) is 82.3 Å². The van der Waals surface area contributed by atoms with Crippen LogP contribution in [0.1, 0.15) is 31.2 Å². The standard InChI is InChI=1S/C27H22N2S2/c1-15-11-20-22(30-15)10-9-19-24-26(31-25(19)20)23(28-14-29-24)17-12-16-7-5-6-8-18(16)21(13-17)27(2,3)4/h5-14H,1-4H3. The third kappa shape index (κ3) is 2.89. The fourth-order valence-electron chi connectivity index (χ4n) is 4.55. The van der Waals surface area contributed by atoms with Crippen molar-refractivity contribution in [2.24, 2.45) is 0 Å². The molecule has 3 aromatic heterocycles. The van der Waals surface area contributed by atoms with E-state index in [0.717, 1.165) is 11.2 Å². The van der Waals surface area contributed by atoms with Gasteiger partial charge in [-0.2, -0.15) is 0 Å². The SMILES string of the molecule is Cc1cc2c(ccc3c4ncnc(-c5cc(C(C)(C)C)c6ccccc6c5)c4sc23)s1. The van der Waals surface area contributed by atoms with Gasteiger partial charge in [0.15, 0.2) is 0 Å². The molecule has 3 heterocycles. The van der Waals surface area contributed by atoms with Crippen molar-refractivity contribution >= 4 is 63.8 Å². The van der Waals surface area contributed by atoms with Gasteiger partial charge in [0.05, 0.1) is 15.9 Å². The molecule has 0 aliphatic heterocycles. The molecule has 0 atom stereocenters. The van der Waals surface area contributed by atoms with Gasteiger partial charge in [-0.05, 0) is 59.0 Å². The van der Waals surface area contributed by atoms with E-state index < -0.39 is 0 Å². The highest BCUT2D eigenvalue weighted by Gasteiger charge is 2.21. The lowest BCUT2D eigenvalue weighted by Gasteiger charge is -2.22. The first-order valence-electron chi connectivity index (χ1n) is 10.5. The first kappa shape index (κ1) is 18.9. The van der Waals surface area contributed by atoms with Crippen molar-refractivity contribution in [1.82, 2.24) is 9.97 Å². The molecule has 6 rings (SSSR count). The Morgan fingerprint density at radius 2 is 1.61 bits per heavy atom. The Morgan fingerprint density at radius 1 is 0.774 bits per heavy atom. The fraction of sp³-hybridized carbons (Fsp3) is 0.185. The molecule has 31 heavy (non-hydrogen) atoms.